The molecule has 0 aliphatic rings. The topological polar surface area (TPSA) is 86.2 Å². The molecule has 1 amide bonds. The van der Waals surface area contributed by atoms with Gasteiger partial charge in [-0.3, -0.25) is 14.8 Å². The van der Waals surface area contributed by atoms with Crippen LogP contribution < -0.4 is 10.1 Å². The Morgan fingerprint density at radius 2 is 1.88 bits per heavy atom. The van der Waals surface area contributed by atoms with Crippen molar-refractivity contribution in [1.29, 1.82) is 0 Å². The summed E-state index contributed by atoms with van der Waals surface area (Å²) in [5.74, 6) is 0.795. The predicted molar refractivity (Wildman–Crippen MR) is 131 cm³/mol. The lowest BCUT2D eigenvalue weighted by molar-refractivity contribution is 0.0785. The predicted octanol–water partition coefficient (Wildman–Crippen LogP) is 5.33. The van der Waals surface area contributed by atoms with E-state index in [2.05, 4.69) is 34.1 Å². The monoisotopic (exact) mass is 468 g/mol. The van der Waals surface area contributed by atoms with Crippen LogP contribution in [0.3, 0.4) is 0 Å². The summed E-state index contributed by atoms with van der Waals surface area (Å²) in [5, 5.41) is 3.87. The zero-order valence-electron chi connectivity index (χ0n) is 20.1. The van der Waals surface area contributed by atoms with Gasteiger partial charge < -0.3 is 14.8 Å². The summed E-state index contributed by atoms with van der Waals surface area (Å²) in [6.45, 7) is 10.6. The fourth-order valence-corrected chi connectivity index (χ4v) is 4.11. The van der Waals surface area contributed by atoms with E-state index in [0.717, 1.165) is 22.7 Å². The van der Waals surface area contributed by atoms with Crippen LogP contribution in [0.25, 0.3) is 10.6 Å². The number of hydrogen-bond donors (Lipinski definition) is 1. The van der Waals surface area contributed by atoms with Crippen LogP contribution in [-0.4, -0.2) is 40.7 Å². The number of hydrogen-bond acceptors (Lipinski definition) is 7. The van der Waals surface area contributed by atoms with Gasteiger partial charge in [0.2, 0.25) is 0 Å². The number of nitrogens with zero attached hydrogens (tertiary/aromatic N) is 3. The van der Waals surface area contributed by atoms with Crippen LogP contribution in [-0.2, 0) is 4.74 Å². The van der Waals surface area contributed by atoms with Crippen molar-refractivity contribution >= 4 is 17.2 Å². The number of amides is 1. The number of ether oxygens (including phenoxy) is 2. The molecule has 0 spiro atoms. The highest BCUT2D eigenvalue weighted by Gasteiger charge is 2.18. The van der Waals surface area contributed by atoms with Crippen LogP contribution in [0.1, 0.15) is 72.7 Å². The second kappa shape index (κ2) is 11.3. The molecule has 3 aromatic rings. The maximum atomic E-state index is 13.2. The number of nitrogens with one attached hydrogen (secondary N) is 1. The fourth-order valence-electron chi connectivity index (χ4n) is 3.20. The molecule has 7 nitrogen and oxygen atoms in total. The van der Waals surface area contributed by atoms with Gasteiger partial charge in [-0.05, 0) is 44.4 Å². The van der Waals surface area contributed by atoms with Crippen molar-refractivity contribution in [2.75, 3.05) is 13.7 Å². The Hall–Kier alpha value is -2.84. The zero-order valence-corrected chi connectivity index (χ0v) is 20.9. The van der Waals surface area contributed by atoms with Gasteiger partial charge in [0.15, 0.2) is 0 Å². The number of carbonyl (C=O) groups excluding carboxylic acids is 1. The number of carbonyl (C=O) groups is 1. The van der Waals surface area contributed by atoms with E-state index in [4.69, 9.17) is 9.47 Å². The largest absolute Gasteiger partial charge is 0.488 e. The summed E-state index contributed by atoms with van der Waals surface area (Å²) in [5.41, 5.74) is 2.89. The van der Waals surface area contributed by atoms with E-state index in [9.17, 15) is 4.79 Å². The van der Waals surface area contributed by atoms with Crippen LogP contribution in [0.4, 0.5) is 0 Å². The second-order valence-corrected chi connectivity index (χ2v) is 9.41. The van der Waals surface area contributed by atoms with E-state index < -0.39 is 0 Å². The van der Waals surface area contributed by atoms with E-state index in [1.807, 2.05) is 39.1 Å². The highest BCUT2D eigenvalue weighted by molar-refractivity contribution is 7.15. The Kier molecular flexibility index (Phi) is 8.52. The van der Waals surface area contributed by atoms with Gasteiger partial charge in [-0.1, -0.05) is 20.8 Å². The zero-order chi connectivity index (χ0) is 24.0. The van der Waals surface area contributed by atoms with Crippen LogP contribution in [0.2, 0.25) is 0 Å². The SMILES string of the molecule is CC[C@H](COC)Oc1cc(C(=O)N[C@H](C)c2cnc(C)cn2)cc(-c2ncc(C(C)C)s2)c1. The Morgan fingerprint density at radius 1 is 1.09 bits per heavy atom. The van der Waals surface area contributed by atoms with E-state index in [0.29, 0.717) is 29.5 Å². The summed E-state index contributed by atoms with van der Waals surface area (Å²) >= 11 is 1.63. The molecule has 8 heteroatoms. The molecule has 0 saturated heterocycles. The Labute approximate surface area is 199 Å². The number of thiazole rings is 1. The molecule has 0 bridgehead atoms. The Bertz CT molecular complexity index is 1070. The highest BCUT2D eigenvalue weighted by atomic mass is 32.1. The first-order valence-corrected chi connectivity index (χ1v) is 12.0. The fraction of sp³-hybridized carbons (Fsp3) is 0.440. The van der Waals surface area contributed by atoms with E-state index in [1.165, 1.54) is 4.88 Å². The lowest BCUT2D eigenvalue weighted by Crippen LogP contribution is -2.27. The van der Waals surface area contributed by atoms with Gasteiger partial charge in [0.05, 0.1) is 30.2 Å². The first-order valence-electron chi connectivity index (χ1n) is 11.2. The number of aryl methyl sites for hydroxylation is 1. The molecule has 3 rings (SSSR count). The van der Waals surface area contributed by atoms with Gasteiger partial charge >= 0.3 is 0 Å². The molecule has 2 atom stereocenters. The quantitative estimate of drug-likeness (QED) is 0.433. The van der Waals surface area contributed by atoms with E-state index in [1.54, 1.807) is 36.9 Å². The average Bonchev–Trinajstić information content (AvgIpc) is 3.30. The highest BCUT2D eigenvalue weighted by Crippen LogP contribution is 2.33. The molecule has 0 unspecified atom stereocenters. The number of benzene rings is 1. The molecule has 0 radical (unpaired) electrons. The number of methoxy groups -OCH3 is 1. The average molecular weight is 469 g/mol. The van der Waals surface area contributed by atoms with Crippen molar-refractivity contribution in [3.05, 3.63) is 58.6 Å². The second-order valence-electron chi connectivity index (χ2n) is 8.35. The van der Waals surface area contributed by atoms with Crippen molar-refractivity contribution in [2.24, 2.45) is 0 Å². The van der Waals surface area contributed by atoms with Crippen LogP contribution >= 0.6 is 11.3 Å². The van der Waals surface area contributed by atoms with Crippen LogP contribution in [0.15, 0.2) is 36.8 Å². The third kappa shape index (κ3) is 6.58. The molecule has 2 heterocycles. The van der Waals surface area contributed by atoms with Crippen molar-refractivity contribution in [3.63, 3.8) is 0 Å². The lowest BCUT2D eigenvalue weighted by atomic mass is 10.1. The molecule has 33 heavy (non-hydrogen) atoms. The molecular formula is C25H32N4O3S. The number of rotatable bonds is 10. The normalized spacial score (nSPS) is 13.1. The minimum Gasteiger partial charge on any atom is -0.488 e. The third-order valence-corrected chi connectivity index (χ3v) is 6.56. The van der Waals surface area contributed by atoms with Gasteiger partial charge in [0, 0.05) is 35.5 Å². The van der Waals surface area contributed by atoms with Gasteiger partial charge in [0.1, 0.15) is 16.9 Å². The summed E-state index contributed by atoms with van der Waals surface area (Å²) in [6.07, 6.45) is 5.96. The maximum Gasteiger partial charge on any atom is 0.251 e. The van der Waals surface area contributed by atoms with Gasteiger partial charge in [-0.15, -0.1) is 11.3 Å². The van der Waals surface area contributed by atoms with Crippen molar-refractivity contribution in [3.8, 4) is 16.3 Å². The maximum absolute atomic E-state index is 13.2. The molecule has 1 aromatic carbocycles. The lowest BCUT2D eigenvalue weighted by Gasteiger charge is -2.18. The molecule has 2 aromatic heterocycles. The Balaban J connectivity index is 1.91. The summed E-state index contributed by atoms with van der Waals surface area (Å²) in [7, 11) is 1.65. The van der Waals surface area contributed by atoms with E-state index in [-0.39, 0.29) is 18.1 Å². The Morgan fingerprint density at radius 3 is 2.48 bits per heavy atom. The summed E-state index contributed by atoms with van der Waals surface area (Å²) < 4.78 is 11.4. The molecule has 0 fully saturated rings. The van der Waals surface area contributed by atoms with Crippen molar-refractivity contribution in [1.82, 2.24) is 20.3 Å². The third-order valence-electron chi connectivity index (χ3n) is 5.21. The molecule has 1 N–H and O–H groups in total. The number of aromatic nitrogens is 3. The van der Waals surface area contributed by atoms with Crippen LogP contribution in [0, 0.1) is 6.92 Å². The first kappa shape index (κ1) is 24.8. The molecule has 0 aliphatic heterocycles. The van der Waals surface area contributed by atoms with Crippen molar-refractivity contribution in [2.45, 2.75) is 59.1 Å². The van der Waals surface area contributed by atoms with Crippen LogP contribution in [0.5, 0.6) is 5.75 Å². The molecular weight excluding hydrogens is 436 g/mol. The molecule has 0 saturated carbocycles. The minimum atomic E-state index is -0.289. The summed E-state index contributed by atoms with van der Waals surface area (Å²) in [4.78, 5) is 27.6. The summed E-state index contributed by atoms with van der Waals surface area (Å²) in [6, 6.07) is 5.27. The standard InChI is InChI=1S/C25H32N4O3S/c1-7-20(14-31-6)32-21-9-18(8-19(10-21)25-28-13-23(33-25)15(2)3)24(30)29-17(5)22-12-26-16(4)11-27-22/h8-13,15,17,20H,7,14H2,1-6H3,(H,29,30)/t17-,20-/m1/s1. The first-order chi connectivity index (χ1) is 15.8. The van der Waals surface area contributed by atoms with Crippen molar-refractivity contribution < 1.29 is 14.3 Å². The van der Waals surface area contributed by atoms with E-state index >= 15 is 0 Å². The van der Waals surface area contributed by atoms with Gasteiger partial charge in [-0.25, -0.2) is 4.98 Å². The minimum absolute atomic E-state index is 0.106. The van der Waals surface area contributed by atoms with Gasteiger partial charge in [-0.2, -0.15) is 0 Å². The molecule has 176 valence electrons. The smallest absolute Gasteiger partial charge is 0.251 e. The van der Waals surface area contributed by atoms with Gasteiger partial charge in [0.25, 0.3) is 5.91 Å². The molecule has 0 aliphatic carbocycles.